The van der Waals surface area contributed by atoms with Crippen molar-refractivity contribution in [3.05, 3.63) is 65.7 Å². The molecule has 1 atom stereocenters. The molecule has 1 aromatic heterocycles. The summed E-state index contributed by atoms with van der Waals surface area (Å²) in [6.45, 7) is 2.77. The summed E-state index contributed by atoms with van der Waals surface area (Å²) in [6.07, 6.45) is 4.09. The van der Waals surface area contributed by atoms with E-state index in [1.165, 1.54) is 17.7 Å². The van der Waals surface area contributed by atoms with E-state index >= 15 is 0 Å². The van der Waals surface area contributed by atoms with E-state index in [1.54, 1.807) is 6.07 Å². The van der Waals surface area contributed by atoms with Gasteiger partial charge in [0.15, 0.2) is 0 Å². The number of imidazole rings is 1. The first-order valence-electron chi connectivity index (χ1n) is 9.67. The third-order valence-electron chi connectivity index (χ3n) is 5.73. The SMILES string of the molecule is OC[C@]1(CCc2ccccc2)CCCN(Cc2nc3ccc(F)cc3[nH]2)C1. The number of H-pyrrole nitrogens is 1. The van der Waals surface area contributed by atoms with Gasteiger partial charge < -0.3 is 10.1 Å². The molecule has 4 rings (SSSR count). The molecule has 1 aliphatic rings. The minimum atomic E-state index is -0.254. The predicted molar refractivity (Wildman–Crippen MR) is 105 cm³/mol. The second kappa shape index (κ2) is 7.79. The smallest absolute Gasteiger partial charge is 0.125 e. The lowest BCUT2D eigenvalue weighted by atomic mass is 9.76. The summed E-state index contributed by atoms with van der Waals surface area (Å²) in [6, 6.07) is 15.1. The van der Waals surface area contributed by atoms with E-state index in [4.69, 9.17) is 0 Å². The molecule has 3 aromatic rings. The Morgan fingerprint density at radius 3 is 2.85 bits per heavy atom. The molecule has 0 saturated carbocycles. The number of nitrogens with one attached hydrogen (secondary N) is 1. The third-order valence-corrected chi connectivity index (χ3v) is 5.73. The zero-order valence-electron chi connectivity index (χ0n) is 15.5. The van der Waals surface area contributed by atoms with Crippen LogP contribution in [-0.2, 0) is 13.0 Å². The van der Waals surface area contributed by atoms with Gasteiger partial charge in [-0.2, -0.15) is 0 Å². The van der Waals surface area contributed by atoms with Crippen molar-refractivity contribution in [3.63, 3.8) is 0 Å². The van der Waals surface area contributed by atoms with E-state index in [-0.39, 0.29) is 17.8 Å². The minimum Gasteiger partial charge on any atom is -0.396 e. The van der Waals surface area contributed by atoms with Gasteiger partial charge >= 0.3 is 0 Å². The Kier molecular flexibility index (Phi) is 5.23. The highest BCUT2D eigenvalue weighted by atomic mass is 19.1. The van der Waals surface area contributed by atoms with Gasteiger partial charge in [-0.05, 0) is 56.0 Å². The van der Waals surface area contributed by atoms with Gasteiger partial charge in [-0.1, -0.05) is 30.3 Å². The van der Waals surface area contributed by atoms with Crippen molar-refractivity contribution in [3.8, 4) is 0 Å². The number of aliphatic hydroxyl groups excluding tert-OH is 1. The summed E-state index contributed by atoms with van der Waals surface area (Å²) in [5.41, 5.74) is 2.79. The topological polar surface area (TPSA) is 52.1 Å². The molecule has 0 radical (unpaired) electrons. The largest absolute Gasteiger partial charge is 0.396 e. The zero-order chi connectivity index (χ0) is 18.7. The molecule has 1 saturated heterocycles. The van der Waals surface area contributed by atoms with Gasteiger partial charge in [0.05, 0.1) is 17.6 Å². The van der Waals surface area contributed by atoms with Crippen LogP contribution in [0.15, 0.2) is 48.5 Å². The van der Waals surface area contributed by atoms with Crippen LogP contribution in [0.5, 0.6) is 0 Å². The Morgan fingerprint density at radius 2 is 2.04 bits per heavy atom. The maximum atomic E-state index is 13.4. The van der Waals surface area contributed by atoms with Gasteiger partial charge in [0.2, 0.25) is 0 Å². The highest BCUT2D eigenvalue weighted by Crippen LogP contribution is 2.35. The molecule has 5 heteroatoms. The summed E-state index contributed by atoms with van der Waals surface area (Å²) >= 11 is 0. The van der Waals surface area contributed by atoms with Gasteiger partial charge in [0.25, 0.3) is 0 Å². The van der Waals surface area contributed by atoms with Gasteiger partial charge in [0, 0.05) is 18.6 Å². The van der Waals surface area contributed by atoms with Crippen LogP contribution in [-0.4, -0.2) is 39.7 Å². The summed E-state index contributed by atoms with van der Waals surface area (Å²) in [4.78, 5) is 10.2. The van der Waals surface area contributed by atoms with Crippen molar-refractivity contribution >= 4 is 11.0 Å². The van der Waals surface area contributed by atoms with Crippen LogP contribution in [0.4, 0.5) is 4.39 Å². The number of nitrogens with zero attached hydrogens (tertiary/aromatic N) is 2. The van der Waals surface area contributed by atoms with E-state index in [0.717, 1.165) is 55.6 Å². The fraction of sp³-hybridized carbons (Fsp3) is 0.409. The standard InChI is InChI=1S/C22H26FN3O/c23-18-7-8-19-20(13-18)25-21(24-19)14-26-12-4-10-22(15-26,16-27)11-9-17-5-2-1-3-6-17/h1-3,5-8,13,27H,4,9-12,14-16H2,(H,24,25)/t22-/m0/s1. The monoisotopic (exact) mass is 367 g/mol. The Labute approximate surface area is 159 Å². The van der Waals surface area contributed by atoms with E-state index < -0.39 is 0 Å². The molecular formula is C22H26FN3O. The Balaban J connectivity index is 1.43. The van der Waals surface area contributed by atoms with Crippen molar-refractivity contribution in [2.45, 2.75) is 32.2 Å². The lowest BCUT2D eigenvalue weighted by Gasteiger charge is -2.41. The number of aryl methyl sites for hydroxylation is 1. The maximum Gasteiger partial charge on any atom is 0.125 e. The molecule has 1 fully saturated rings. The second-order valence-electron chi connectivity index (χ2n) is 7.80. The van der Waals surface area contributed by atoms with Crippen molar-refractivity contribution in [2.24, 2.45) is 5.41 Å². The Hall–Kier alpha value is -2.24. The Morgan fingerprint density at radius 1 is 1.19 bits per heavy atom. The quantitative estimate of drug-likeness (QED) is 0.695. The van der Waals surface area contributed by atoms with E-state index in [0.29, 0.717) is 6.54 Å². The number of aromatic amines is 1. The minimum absolute atomic E-state index is 0.0633. The molecule has 0 amide bonds. The molecule has 2 N–H and O–H groups in total. The molecule has 2 heterocycles. The maximum absolute atomic E-state index is 13.4. The number of piperidine rings is 1. The lowest BCUT2D eigenvalue weighted by Crippen LogP contribution is -2.45. The molecular weight excluding hydrogens is 341 g/mol. The van der Waals surface area contributed by atoms with Gasteiger partial charge in [-0.25, -0.2) is 9.37 Å². The van der Waals surface area contributed by atoms with Crippen LogP contribution in [0.2, 0.25) is 0 Å². The average Bonchev–Trinajstić information content (AvgIpc) is 3.09. The molecule has 0 bridgehead atoms. The molecule has 0 unspecified atom stereocenters. The lowest BCUT2D eigenvalue weighted by molar-refractivity contribution is 0.0215. The van der Waals surface area contributed by atoms with E-state index in [1.807, 2.05) is 6.07 Å². The number of benzene rings is 2. The summed E-state index contributed by atoms with van der Waals surface area (Å²) in [7, 11) is 0. The predicted octanol–water partition coefficient (Wildman–Crippen LogP) is 3.91. The number of hydrogen-bond donors (Lipinski definition) is 2. The van der Waals surface area contributed by atoms with Gasteiger partial charge in [-0.3, -0.25) is 4.90 Å². The van der Waals surface area contributed by atoms with Crippen molar-refractivity contribution in [1.82, 2.24) is 14.9 Å². The van der Waals surface area contributed by atoms with E-state index in [2.05, 4.69) is 39.1 Å². The zero-order valence-corrected chi connectivity index (χ0v) is 15.5. The van der Waals surface area contributed by atoms with Crippen molar-refractivity contribution < 1.29 is 9.50 Å². The van der Waals surface area contributed by atoms with Crippen LogP contribution in [0.25, 0.3) is 11.0 Å². The fourth-order valence-corrected chi connectivity index (χ4v) is 4.23. The van der Waals surface area contributed by atoms with Crippen LogP contribution in [0.3, 0.4) is 0 Å². The molecule has 0 aliphatic carbocycles. The first-order chi connectivity index (χ1) is 13.2. The molecule has 0 spiro atoms. The number of halogens is 1. The summed E-state index contributed by atoms with van der Waals surface area (Å²) in [5, 5.41) is 10.2. The van der Waals surface area contributed by atoms with Gasteiger partial charge in [-0.15, -0.1) is 0 Å². The number of likely N-dealkylation sites (tertiary alicyclic amines) is 1. The molecule has 4 nitrogen and oxygen atoms in total. The molecule has 1 aliphatic heterocycles. The highest BCUT2D eigenvalue weighted by molar-refractivity contribution is 5.74. The fourth-order valence-electron chi connectivity index (χ4n) is 4.23. The van der Waals surface area contributed by atoms with Crippen LogP contribution in [0, 0.1) is 11.2 Å². The molecule has 142 valence electrons. The number of aliphatic hydroxyl groups is 1. The summed E-state index contributed by atoms with van der Waals surface area (Å²) < 4.78 is 13.4. The molecule has 2 aromatic carbocycles. The first kappa shape index (κ1) is 18.1. The van der Waals surface area contributed by atoms with Crippen molar-refractivity contribution in [2.75, 3.05) is 19.7 Å². The number of rotatable bonds is 6. The van der Waals surface area contributed by atoms with Crippen LogP contribution >= 0.6 is 0 Å². The second-order valence-corrected chi connectivity index (χ2v) is 7.80. The van der Waals surface area contributed by atoms with Crippen LogP contribution < -0.4 is 0 Å². The number of fused-ring (bicyclic) bond motifs is 1. The highest BCUT2D eigenvalue weighted by Gasteiger charge is 2.34. The number of hydrogen-bond acceptors (Lipinski definition) is 3. The molecule has 27 heavy (non-hydrogen) atoms. The normalized spacial score (nSPS) is 21.0. The van der Waals surface area contributed by atoms with Crippen LogP contribution in [0.1, 0.15) is 30.7 Å². The van der Waals surface area contributed by atoms with Gasteiger partial charge in [0.1, 0.15) is 11.6 Å². The summed E-state index contributed by atoms with van der Waals surface area (Å²) in [5.74, 6) is 0.600. The third kappa shape index (κ3) is 4.20. The number of aromatic nitrogens is 2. The average molecular weight is 367 g/mol. The first-order valence-corrected chi connectivity index (χ1v) is 9.67. The van der Waals surface area contributed by atoms with E-state index in [9.17, 15) is 9.50 Å². The Bertz CT molecular complexity index is 895. The van der Waals surface area contributed by atoms with Crippen molar-refractivity contribution in [1.29, 1.82) is 0 Å².